The van der Waals surface area contributed by atoms with Crippen molar-refractivity contribution in [1.29, 1.82) is 0 Å². The maximum absolute atomic E-state index is 10.9. The summed E-state index contributed by atoms with van der Waals surface area (Å²) in [6.07, 6.45) is 2.12. The van der Waals surface area contributed by atoms with Gasteiger partial charge in [-0.1, -0.05) is 30.3 Å². The van der Waals surface area contributed by atoms with E-state index >= 15 is 0 Å². The average Bonchev–Trinajstić information content (AvgIpc) is 2.80. The topological polar surface area (TPSA) is 89.4 Å². The fourth-order valence-electron chi connectivity index (χ4n) is 1.77. The molecule has 1 aromatic heterocycles. The number of para-hydroxylation sites is 2. The van der Waals surface area contributed by atoms with E-state index in [0.717, 1.165) is 29.7 Å². The van der Waals surface area contributed by atoms with Crippen LogP contribution in [-0.2, 0) is 4.79 Å². The molecule has 2 aromatic rings. The molecule has 20 heavy (non-hydrogen) atoms. The summed E-state index contributed by atoms with van der Waals surface area (Å²) in [4.78, 5) is 15.2. The summed E-state index contributed by atoms with van der Waals surface area (Å²) in [5, 5.41) is 9.55. The van der Waals surface area contributed by atoms with Gasteiger partial charge in [0.2, 0.25) is 0 Å². The zero-order valence-corrected chi connectivity index (χ0v) is 12.2. The van der Waals surface area contributed by atoms with Gasteiger partial charge >= 0.3 is 5.97 Å². The number of nitrogens with zero attached hydrogens (tertiary/aromatic N) is 1. The van der Waals surface area contributed by atoms with Gasteiger partial charge in [-0.15, -0.1) is 0 Å². The summed E-state index contributed by atoms with van der Waals surface area (Å²) in [6.45, 7) is 1.54. The number of hydrogen-bond acceptors (Lipinski definition) is 5. The van der Waals surface area contributed by atoms with Crippen molar-refractivity contribution < 1.29 is 14.3 Å². The van der Waals surface area contributed by atoms with Gasteiger partial charge in [0.05, 0.1) is 0 Å². The number of benzene rings is 1. The van der Waals surface area contributed by atoms with Gasteiger partial charge in [-0.3, -0.25) is 4.79 Å². The van der Waals surface area contributed by atoms with Crippen molar-refractivity contribution in [2.75, 3.05) is 5.75 Å². The molecule has 0 fully saturated rings. The molecule has 1 unspecified atom stereocenters. The van der Waals surface area contributed by atoms with E-state index in [1.807, 2.05) is 24.3 Å². The van der Waals surface area contributed by atoms with E-state index in [1.165, 1.54) is 11.8 Å². The molecule has 0 amide bonds. The number of oxazole rings is 1. The highest BCUT2D eigenvalue weighted by Crippen LogP contribution is 2.24. The number of thioether (sulfide) groups is 1. The molecule has 1 heterocycles. The number of aromatic nitrogens is 1. The molecule has 5 nitrogen and oxygen atoms in total. The van der Waals surface area contributed by atoms with Gasteiger partial charge in [-0.25, -0.2) is 4.98 Å². The molecule has 1 aromatic carbocycles. The predicted molar refractivity (Wildman–Crippen MR) is 78.8 cm³/mol. The maximum Gasteiger partial charge on any atom is 0.323 e. The molecule has 108 valence electrons. The van der Waals surface area contributed by atoms with Crippen molar-refractivity contribution in [3.05, 3.63) is 24.3 Å². The lowest BCUT2D eigenvalue weighted by molar-refractivity contribution is -0.142. The summed E-state index contributed by atoms with van der Waals surface area (Å²) in [7, 11) is 0. The third kappa shape index (κ3) is 3.74. The van der Waals surface area contributed by atoms with Crippen molar-refractivity contribution in [1.82, 2.24) is 4.98 Å². The Hall–Kier alpha value is -1.53. The lowest BCUT2D eigenvalue weighted by Gasteiger charge is -2.18. The minimum atomic E-state index is -1.14. The van der Waals surface area contributed by atoms with Crippen molar-refractivity contribution in [3.8, 4) is 0 Å². The van der Waals surface area contributed by atoms with Crippen molar-refractivity contribution >= 4 is 28.8 Å². The van der Waals surface area contributed by atoms with Gasteiger partial charge in [-0.2, -0.15) is 0 Å². The van der Waals surface area contributed by atoms with Crippen LogP contribution in [0.2, 0.25) is 0 Å². The molecule has 1 atom stereocenters. The minimum absolute atomic E-state index is 0.469. The Morgan fingerprint density at radius 1 is 1.45 bits per heavy atom. The molecule has 3 N–H and O–H groups in total. The van der Waals surface area contributed by atoms with Crippen LogP contribution in [0.4, 0.5) is 0 Å². The third-order valence-corrected chi connectivity index (χ3v) is 3.99. The molecule has 2 rings (SSSR count). The van der Waals surface area contributed by atoms with Gasteiger partial charge in [0.15, 0.2) is 5.58 Å². The van der Waals surface area contributed by atoms with Crippen LogP contribution in [0.1, 0.15) is 26.2 Å². The van der Waals surface area contributed by atoms with Gasteiger partial charge < -0.3 is 15.3 Å². The number of rotatable bonds is 7. The van der Waals surface area contributed by atoms with Crippen LogP contribution >= 0.6 is 11.8 Å². The zero-order valence-electron chi connectivity index (χ0n) is 11.3. The predicted octanol–water partition coefficient (Wildman–Crippen LogP) is 2.89. The first-order valence-electron chi connectivity index (χ1n) is 6.50. The largest absolute Gasteiger partial charge is 0.480 e. The van der Waals surface area contributed by atoms with E-state index < -0.39 is 11.5 Å². The van der Waals surface area contributed by atoms with Crippen LogP contribution in [0, 0.1) is 0 Å². The van der Waals surface area contributed by atoms with E-state index in [2.05, 4.69) is 4.98 Å². The smallest absolute Gasteiger partial charge is 0.323 e. The molecule has 0 aliphatic carbocycles. The maximum atomic E-state index is 10.9. The first-order valence-corrected chi connectivity index (χ1v) is 7.48. The van der Waals surface area contributed by atoms with Crippen LogP contribution in [0.5, 0.6) is 0 Å². The van der Waals surface area contributed by atoms with E-state index in [0.29, 0.717) is 11.6 Å². The second kappa shape index (κ2) is 6.28. The molecule has 0 aliphatic rings. The Bertz CT molecular complexity index is 562. The van der Waals surface area contributed by atoms with Crippen LogP contribution in [0.25, 0.3) is 11.1 Å². The van der Waals surface area contributed by atoms with Gasteiger partial charge in [0.25, 0.3) is 5.22 Å². The summed E-state index contributed by atoms with van der Waals surface area (Å²) < 4.78 is 5.59. The Kier molecular flexibility index (Phi) is 4.67. The Balaban J connectivity index is 1.75. The SMILES string of the molecule is CC(N)(CCCCSc1nc2ccccc2o1)C(=O)O. The normalized spacial score (nSPS) is 14.3. The first kappa shape index (κ1) is 14.9. The lowest BCUT2D eigenvalue weighted by atomic mass is 9.97. The Morgan fingerprint density at radius 2 is 2.20 bits per heavy atom. The highest BCUT2D eigenvalue weighted by atomic mass is 32.2. The van der Waals surface area contributed by atoms with Crippen LogP contribution in [0.15, 0.2) is 33.9 Å². The standard InChI is InChI=1S/C14H18N2O3S/c1-14(15,12(17)18)8-4-5-9-20-13-16-10-6-2-3-7-11(10)19-13/h2-3,6-7H,4-5,8-9,15H2,1H3,(H,17,18). The number of fused-ring (bicyclic) bond motifs is 1. The fraction of sp³-hybridized carbons (Fsp3) is 0.429. The molecule has 0 saturated heterocycles. The number of carboxylic acid groups (broad SMARTS) is 1. The van der Waals surface area contributed by atoms with Crippen molar-refractivity contribution in [2.45, 2.75) is 36.9 Å². The fourth-order valence-corrected chi connectivity index (χ4v) is 2.61. The van der Waals surface area contributed by atoms with E-state index in [1.54, 1.807) is 6.92 Å². The Morgan fingerprint density at radius 3 is 2.90 bits per heavy atom. The van der Waals surface area contributed by atoms with E-state index in [9.17, 15) is 4.79 Å². The third-order valence-electron chi connectivity index (χ3n) is 3.08. The molecule has 0 spiro atoms. The van der Waals surface area contributed by atoms with E-state index in [4.69, 9.17) is 15.3 Å². The average molecular weight is 294 g/mol. The number of nitrogens with two attached hydrogens (primary N) is 1. The zero-order chi connectivity index (χ0) is 14.6. The molecular weight excluding hydrogens is 276 g/mol. The molecular formula is C14H18N2O3S. The number of carbonyl (C=O) groups is 1. The summed E-state index contributed by atoms with van der Waals surface area (Å²) in [5.74, 6) is -0.119. The Labute approximate surface area is 121 Å². The van der Waals surface area contributed by atoms with Gasteiger partial charge in [0.1, 0.15) is 11.1 Å². The molecule has 0 radical (unpaired) electrons. The second-order valence-electron chi connectivity index (χ2n) is 4.98. The van der Waals surface area contributed by atoms with E-state index in [-0.39, 0.29) is 0 Å². The molecule has 0 aliphatic heterocycles. The summed E-state index contributed by atoms with van der Waals surface area (Å²) in [5.41, 5.74) is 6.17. The van der Waals surface area contributed by atoms with Gasteiger partial charge in [0, 0.05) is 5.75 Å². The second-order valence-corrected chi connectivity index (χ2v) is 6.02. The highest BCUT2D eigenvalue weighted by molar-refractivity contribution is 7.99. The van der Waals surface area contributed by atoms with Crippen LogP contribution in [-0.4, -0.2) is 27.4 Å². The first-order chi connectivity index (χ1) is 9.49. The quantitative estimate of drug-likeness (QED) is 0.603. The molecule has 0 bridgehead atoms. The monoisotopic (exact) mass is 294 g/mol. The summed E-state index contributed by atoms with van der Waals surface area (Å²) >= 11 is 1.54. The number of hydrogen-bond donors (Lipinski definition) is 2. The summed E-state index contributed by atoms with van der Waals surface area (Å²) in [6, 6.07) is 7.64. The van der Waals surface area contributed by atoms with Gasteiger partial charge in [-0.05, 0) is 31.9 Å². The highest BCUT2D eigenvalue weighted by Gasteiger charge is 2.26. The number of unbranched alkanes of at least 4 members (excludes halogenated alkanes) is 1. The lowest BCUT2D eigenvalue weighted by Crippen LogP contribution is -2.44. The molecule has 0 saturated carbocycles. The van der Waals surface area contributed by atoms with Crippen LogP contribution in [0.3, 0.4) is 0 Å². The number of aliphatic carboxylic acids is 1. The minimum Gasteiger partial charge on any atom is -0.480 e. The van der Waals surface area contributed by atoms with Crippen molar-refractivity contribution in [3.63, 3.8) is 0 Å². The number of carboxylic acids is 1. The van der Waals surface area contributed by atoms with Crippen molar-refractivity contribution in [2.24, 2.45) is 5.73 Å². The van der Waals surface area contributed by atoms with Crippen LogP contribution < -0.4 is 5.73 Å². The molecule has 6 heteroatoms.